The zero-order valence-electron chi connectivity index (χ0n) is 14.3. The molecular formula is C19H27NO3. The van der Waals surface area contributed by atoms with Crippen LogP contribution in [0.5, 0.6) is 0 Å². The van der Waals surface area contributed by atoms with Crippen molar-refractivity contribution in [3.63, 3.8) is 0 Å². The van der Waals surface area contributed by atoms with E-state index in [0.29, 0.717) is 24.3 Å². The maximum absolute atomic E-state index is 12.9. The fourth-order valence-corrected chi connectivity index (χ4v) is 4.34. The number of carbonyl (C=O) groups excluding carboxylic acids is 1. The Bertz CT molecular complexity index is 615. The first-order chi connectivity index (χ1) is 10.8. The number of nitrogens with zero attached hydrogens (tertiary/aromatic N) is 1. The topological polar surface area (TPSA) is 59.3 Å². The summed E-state index contributed by atoms with van der Waals surface area (Å²) in [7, 11) is 0. The van der Waals surface area contributed by atoms with Gasteiger partial charge in [-0.15, -0.1) is 0 Å². The van der Waals surface area contributed by atoms with Crippen LogP contribution in [0.4, 0.5) is 0 Å². The van der Waals surface area contributed by atoms with Crippen LogP contribution in [0.1, 0.15) is 75.0 Å². The quantitative estimate of drug-likeness (QED) is 0.854. The molecule has 1 aromatic rings. The Balaban J connectivity index is 1.71. The Kier molecular flexibility index (Phi) is 4.11. The van der Waals surface area contributed by atoms with Gasteiger partial charge >= 0.3 is 5.97 Å². The number of carbonyl (C=O) groups is 2. The highest BCUT2D eigenvalue weighted by Crippen LogP contribution is 2.41. The van der Waals surface area contributed by atoms with E-state index in [4.69, 9.17) is 0 Å². The third-order valence-corrected chi connectivity index (χ3v) is 5.89. The van der Waals surface area contributed by atoms with Crippen LogP contribution in [-0.2, 0) is 11.3 Å². The Hall–Kier alpha value is -1.58. The summed E-state index contributed by atoms with van der Waals surface area (Å²) in [6.07, 6.45) is 4.76. The summed E-state index contributed by atoms with van der Waals surface area (Å²) < 4.78 is 1.94. The van der Waals surface area contributed by atoms with Crippen LogP contribution in [-0.4, -0.2) is 21.4 Å². The predicted molar refractivity (Wildman–Crippen MR) is 88.7 cm³/mol. The standard InChI is InChI=1S/C19H27NO3/c1-19(2,3)13-6-4-12(5-7-13)17(21)16-9-8-15-14(18(22)23)10-11-20(15)16/h8-9,12-14H,4-7,10-11H2,1-3H3,(H,22,23). The van der Waals surface area contributed by atoms with E-state index in [2.05, 4.69) is 20.8 Å². The minimum atomic E-state index is -0.786. The fourth-order valence-electron chi connectivity index (χ4n) is 4.34. The van der Waals surface area contributed by atoms with Crippen LogP contribution in [0, 0.1) is 17.3 Å². The molecule has 0 bridgehead atoms. The Labute approximate surface area is 137 Å². The van der Waals surface area contributed by atoms with Gasteiger partial charge in [0.2, 0.25) is 0 Å². The van der Waals surface area contributed by atoms with Crippen molar-refractivity contribution in [2.24, 2.45) is 17.3 Å². The van der Waals surface area contributed by atoms with Crippen molar-refractivity contribution in [2.75, 3.05) is 0 Å². The van der Waals surface area contributed by atoms with Gasteiger partial charge in [-0.05, 0) is 55.6 Å². The largest absolute Gasteiger partial charge is 0.481 e. The van der Waals surface area contributed by atoms with Gasteiger partial charge in [0.25, 0.3) is 0 Å². The molecule has 0 radical (unpaired) electrons. The second-order valence-electron chi connectivity index (χ2n) is 8.25. The SMILES string of the molecule is CC(C)(C)C1CCC(C(=O)c2ccc3n2CCC3C(=O)O)CC1. The van der Waals surface area contributed by atoms with E-state index in [0.717, 1.165) is 37.1 Å². The lowest BCUT2D eigenvalue weighted by Gasteiger charge is -2.36. The molecule has 1 unspecified atom stereocenters. The molecule has 3 rings (SSSR count). The maximum atomic E-state index is 12.9. The molecule has 1 saturated carbocycles. The van der Waals surface area contributed by atoms with Crippen molar-refractivity contribution >= 4 is 11.8 Å². The van der Waals surface area contributed by atoms with E-state index in [1.54, 1.807) is 0 Å². The van der Waals surface area contributed by atoms with Gasteiger partial charge in [0.05, 0.1) is 11.6 Å². The van der Waals surface area contributed by atoms with E-state index in [9.17, 15) is 14.7 Å². The Morgan fingerprint density at radius 1 is 1.09 bits per heavy atom. The van der Waals surface area contributed by atoms with E-state index < -0.39 is 11.9 Å². The summed E-state index contributed by atoms with van der Waals surface area (Å²) in [5, 5.41) is 9.26. The molecule has 1 fully saturated rings. The van der Waals surface area contributed by atoms with E-state index >= 15 is 0 Å². The number of hydrogen-bond acceptors (Lipinski definition) is 2. The third kappa shape index (κ3) is 2.96. The van der Waals surface area contributed by atoms with Gasteiger partial charge in [0.15, 0.2) is 5.78 Å². The molecule has 2 heterocycles. The highest BCUT2D eigenvalue weighted by molar-refractivity contribution is 5.97. The number of aromatic nitrogens is 1. The highest BCUT2D eigenvalue weighted by Gasteiger charge is 2.36. The summed E-state index contributed by atoms with van der Waals surface area (Å²) in [5.74, 6) is -0.216. The predicted octanol–water partition coefficient (Wildman–Crippen LogP) is 4.10. The number of ketones is 1. The maximum Gasteiger partial charge on any atom is 0.312 e. The van der Waals surface area contributed by atoms with Crippen molar-refractivity contribution in [1.29, 1.82) is 0 Å². The molecule has 0 amide bonds. The van der Waals surface area contributed by atoms with Crippen LogP contribution in [0.25, 0.3) is 0 Å². The minimum Gasteiger partial charge on any atom is -0.481 e. The first-order valence-corrected chi connectivity index (χ1v) is 8.75. The highest BCUT2D eigenvalue weighted by atomic mass is 16.4. The average molecular weight is 317 g/mol. The van der Waals surface area contributed by atoms with Crippen molar-refractivity contribution in [3.8, 4) is 0 Å². The molecule has 1 N–H and O–H groups in total. The average Bonchev–Trinajstić information content (AvgIpc) is 3.06. The molecule has 0 spiro atoms. The lowest BCUT2D eigenvalue weighted by molar-refractivity contribution is -0.138. The van der Waals surface area contributed by atoms with Crippen molar-refractivity contribution in [1.82, 2.24) is 4.57 Å². The van der Waals surface area contributed by atoms with Gasteiger partial charge in [0, 0.05) is 18.2 Å². The molecule has 1 aromatic heterocycles. The van der Waals surface area contributed by atoms with E-state index in [1.165, 1.54) is 0 Å². The van der Waals surface area contributed by atoms with Gasteiger partial charge in [-0.2, -0.15) is 0 Å². The third-order valence-electron chi connectivity index (χ3n) is 5.89. The van der Waals surface area contributed by atoms with Crippen molar-refractivity contribution in [2.45, 2.75) is 65.3 Å². The van der Waals surface area contributed by atoms with Gasteiger partial charge in [-0.1, -0.05) is 20.8 Å². The van der Waals surface area contributed by atoms with Gasteiger partial charge in [0.1, 0.15) is 0 Å². The Morgan fingerprint density at radius 3 is 2.30 bits per heavy atom. The van der Waals surface area contributed by atoms with Crippen LogP contribution in [0.3, 0.4) is 0 Å². The van der Waals surface area contributed by atoms with Crippen LogP contribution >= 0.6 is 0 Å². The van der Waals surface area contributed by atoms with Crippen LogP contribution in [0.15, 0.2) is 12.1 Å². The number of carboxylic acids is 1. The minimum absolute atomic E-state index is 0.108. The zero-order valence-corrected chi connectivity index (χ0v) is 14.3. The number of aliphatic carboxylic acids is 1. The molecule has 0 saturated heterocycles. The number of rotatable bonds is 3. The molecule has 4 heteroatoms. The van der Waals surface area contributed by atoms with Gasteiger partial charge < -0.3 is 9.67 Å². The first kappa shape index (κ1) is 16.3. The van der Waals surface area contributed by atoms with E-state index in [1.807, 2.05) is 16.7 Å². The van der Waals surface area contributed by atoms with Crippen LogP contribution < -0.4 is 0 Å². The monoisotopic (exact) mass is 317 g/mol. The van der Waals surface area contributed by atoms with Gasteiger partial charge in [-0.25, -0.2) is 0 Å². The molecule has 2 aliphatic rings. The Morgan fingerprint density at radius 2 is 1.74 bits per heavy atom. The molecule has 23 heavy (non-hydrogen) atoms. The normalized spacial score (nSPS) is 27.7. The second-order valence-corrected chi connectivity index (χ2v) is 8.25. The molecule has 1 aliphatic carbocycles. The van der Waals surface area contributed by atoms with Gasteiger partial charge in [-0.3, -0.25) is 9.59 Å². The number of hydrogen-bond donors (Lipinski definition) is 1. The lowest BCUT2D eigenvalue weighted by Crippen LogP contribution is -2.29. The number of Topliss-reactive ketones (excluding diaryl/α,β-unsaturated/α-hetero) is 1. The summed E-state index contributed by atoms with van der Waals surface area (Å²) in [5.41, 5.74) is 1.84. The molecule has 126 valence electrons. The zero-order chi connectivity index (χ0) is 16.8. The fraction of sp³-hybridized carbons (Fsp3) is 0.684. The number of fused-ring (bicyclic) bond motifs is 1. The molecule has 4 nitrogen and oxygen atoms in total. The summed E-state index contributed by atoms with van der Waals surface area (Å²) in [6.45, 7) is 7.50. The molecule has 1 aliphatic heterocycles. The second kappa shape index (κ2) is 5.81. The van der Waals surface area contributed by atoms with Crippen molar-refractivity contribution in [3.05, 3.63) is 23.5 Å². The van der Waals surface area contributed by atoms with Crippen molar-refractivity contribution < 1.29 is 14.7 Å². The first-order valence-electron chi connectivity index (χ1n) is 8.75. The summed E-state index contributed by atoms with van der Waals surface area (Å²) in [6, 6.07) is 3.67. The molecular weight excluding hydrogens is 290 g/mol. The summed E-state index contributed by atoms with van der Waals surface area (Å²) in [4.78, 5) is 24.2. The van der Waals surface area contributed by atoms with E-state index in [-0.39, 0.29) is 11.7 Å². The van der Waals surface area contributed by atoms with Crippen LogP contribution in [0.2, 0.25) is 0 Å². The smallest absolute Gasteiger partial charge is 0.312 e. The summed E-state index contributed by atoms with van der Waals surface area (Å²) >= 11 is 0. The molecule has 0 aromatic carbocycles. The lowest BCUT2D eigenvalue weighted by atomic mass is 9.69. The molecule has 1 atom stereocenters. The number of carboxylic acid groups (broad SMARTS) is 1.